The molecule has 4 rings (SSSR count). The lowest BCUT2D eigenvalue weighted by atomic mass is 10.2. The number of para-hydroxylation sites is 1. The molecule has 4 aromatic rings. The van der Waals surface area contributed by atoms with Crippen LogP contribution in [-0.4, -0.2) is 26.3 Å². The van der Waals surface area contributed by atoms with E-state index in [-0.39, 0.29) is 5.69 Å². The number of carboxylic acid groups (broad SMARTS) is 1. The number of aromatic carboxylic acids is 1. The van der Waals surface area contributed by atoms with Crippen molar-refractivity contribution in [2.24, 2.45) is 0 Å². The Morgan fingerprint density at radius 3 is 2.33 bits per heavy atom. The average Bonchev–Trinajstić information content (AvgIpc) is 3.17. The first kappa shape index (κ1) is 15.4. The molecule has 0 bridgehead atoms. The highest BCUT2D eigenvalue weighted by Gasteiger charge is 2.03. The number of carboxylic acids is 1. The number of pyridine rings is 1. The number of hydrogen-bond donors (Lipinski definition) is 2. The summed E-state index contributed by atoms with van der Waals surface area (Å²) in [6.07, 6.45) is 1.82. The number of benzene rings is 2. The Morgan fingerprint density at radius 2 is 1.62 bits per heavy atom. The van der Waals surface area contributed by atoms with E-state index in [9.17, 15) is 4.79 Å². The minimum Gasteiger partial charge on any atom is -0.477 e. The molecule has 24 heavy (non-hydrogen) atoms. The van der Waals surface area contributed by atoms with Gasteiger partial charge in [0.15, 0.2) is 0 Å². The van der Waals surface area contributed by atoms with Crippen LogP contribution >= 0.6 is 0 Å². The zero-order chi connectivity index (χ0) is 16.8. The highest BCUT2D eigenvalue weighted by molar-refractivity contribution is 5.89. The summed E-state index contributed by atoms with van der Waals surface area (Å²) < 4.78 is 0. The molecule has 0 aliphatic rings. The van der Waals surface area contributed by atoms with Crippen molar-refractivity contribution < 1.29 is 9.90 Å². The summed E-state index contributed by atoms with van der Waals surface area (Å²) in [6.45, 7) is 0. The summed E-state index contributed by atoms with van der Waals surface area (Å²) in [4.78, 5) is 14.6. The highest BCUT2D eigenvalue weighted by atomic mass is 16.4. The number of H-pyrrole nitrogens is 1. The van der Waals surface area contributed by atoms with Gasteiger partial charge in [-0.3, -0.25) is 5.10 Å². The number of hydrogen-bond acceptors (Lipinski definition) is 3. The molecule has 2 aromatic carbocycles. The number of aromatic amines is 1. The van der Waals surface area contributed by atoms with E-state index in [0.29, 0.717) is 5.52 Å². The maximum absolute atomic E-state index is 10.6. The molecule has 0 aliphatic carbocycles. The summed E-state index contributed by atoms with van der Waals surface area (Å²) in [6, 6.07) is 22.7. The van der Waals surface area contributed by atoms with E-state index in [4.69, 9.17) is 5.11 Å². The molecule has 0 atom stereocenters. The van der Waals surface area contributed by atoms with Crippen molar-refractivity contribution in [2.75, 3.05) is 0 Å². The molecule has 0 spiro atoms. The fraction of sp³-hybridized carbons (Fsp3) is 0. The Labute approximate surface area is 138 Å². The molecule has 2 heterocycles. The molecule has 5 heteroatoms. The Bertz CT molecular complexity index is 935. The minimum absolute atomic E-state index is 0.0821. The van der Waals surface area contributed by atoms with Crippen LogP contribution in [0.15, 0.2) is 79.0 Å². The van der Waals surface area contributed by atoms with Gasteiger partial charge in [0.25, 0.3) is 0 Å². The van der Waals surface area contributed by atoms with Crippen LogP contribution in [0.3, 0.4) is 0 Å². The number of nitrogens with one attached hydrogen (secondary N) is 1. The van der Waals surface area contributed by atoms with Crippen molar-refractivity contribution in [1.82, 2.24) is 15.2 Å². The molecule has 0 saturated heterocycles. The number of fused-ring (bicyclic) bond motifs is 1. The summed E-state index contributed by atoms with van der Waals surface area (Å²) in [7, 11) is 0. The first-order valence-electron chi connectivity index (χ1n) is 7.38. The zero-order valence-corrected chi connectivity index (χ0v) is 12.8. The van der Waals surface area contributed by atoms with Gasteiger partial charge in [-0.25, -0.2) is 9.78 Å². The van der Waals surface area contributed by atoms with Crippen LogP contribution in [0.4, 0.5) is 0 Å². The van der Waals surface area contributed by atoms with Crippen LogP contribution in [0.1, 0.15) is 10.5 Å². The van der Waals surface area contributed by atoms with Crippen LogP contribution in [0.5, 0.6) is 0 Å². The molecule has 2 N–H and O–H groups in total. The molecule has 118 valence electrons. The van der Waals surface area contributed by atoms with Crippen LogP contribution in [-0.2, 0) is 0 Å². The predicted octanol–water partition coefficient (Wildman–Crippen LogP) is 4.01. The lowest BCUT2D eigenvalue weighted by Gasteiger charge is -1.97. The Kier molecular flexibility index (Phi) is 4.62. The lowest BCUT2D eigenvalue weighted by Crippen LogP contribution is -1.99. The van der Waals surface area contributed by atoms with Gasteiger partial charge in [-0.1, -0.05) is 54.6 Å². The summed E-state index contributed by atoms with van der Waals surface area (Å²) in [5, 5.41) is 16.5. The molecule has 0 amide bonds. The van der Waals surface area contributed by atoms with Crippen molar-refractivity contribution in [3.63, 3.8) is 0 Å². The van der Waals surface area contributed by atoms with Gasteiger partial charge in [-0.05, 0) is 18.2 Å². The summed E-state index contributed by atoms with van der Waals surface area (Å²) in [5.41, 5.74) is 2.93. The van der Waals surface area contributed by atoms with E-state index in [2.05, 4.69) is 15.2 Å². The zero-order valence-electron chi connectivity index (χ0n) is 12.8. The van der Waals surface area contributed by atoms with Crippen LogP contribution in [0.2, 0.25) is 0 Å². The van der Waals surface area contributed by atoms with Gasteiger partial charge in [-0.15, -0.1) is 0 Å². The lowest BCUT2D eigenvalue weighted by molar-refractivity contribution is 0.0691. The third-order valence-electron chi connectivity index (χ3n) is 3.39. The van der Waals surface area contributed by atoms with E-state index in [0.717, 1.165) is 16.6 Å². The summed E-state index contributed by atoms with van der Waals surface area (Å²) in [5.74, 6) is -0.995. The van der Waals surface area contributed by atoms with E-state index < -0.39 is 5.97 Å². The quantitative estimate of drug-likeness (QED) is 0.585. The van der Waals surface area contributed by atoms with Gasteiger partial charge in [-0.2, -0.15) is 5.10 Å². The molecule has 0 radical (unpaired) electrons. The average molecular weight is 317 g/mol. The molecule has 2 aromatic heterocycles. The SMILES string of the molecule is O=C(O)c1ccc2ccccc2n1.c1ccc(-c2cc[nH]n2)cc1. The van der Waals surface area contributed by atoms with Crippen LogP contribution < -0.4 is 0 Å². The van der Waals surface area contributed by atoms with Crippen molar-refractivity contribution >= 4 is 16.9 Å². The predicted molar refractivity (Wildman–Crippen MR) is 92.7 cm³/mol. The van der Waals surface area contributed by atoms with Gasteiger partial charge in [0.2, 0.25) is 0 Å². The second kappa shape index (κ2) is 7.19. The molecule has 0 fully saturated rings. The molecular formula is C19H15N3O2. The van der Waals surface area contributed by atoms with E-state index in [1.807, 2.05) is 60.8 Å². The van der Waals surface area contributed by atoms with Crippen LogP contribution in [0, 0.1) is 0 Å². The molecule has 5 nitrogen and oxygen atoms in total. The van der Waals surface area contributed by atoms with E-state index in [1.54, 1.807) is 12.1 Å². The summed E-state index contributed by atoms with van der Waals surface area (Å²) >= 11 is 0. The Balaban J connectivity index is 0.000000143. The smallest absolute Gasteiger partial charge is 0.354 e. The Hall–Kier alpha value is -3.47. The number of carbonyl (C=O) groups is 1. The largest absolute Gasteiger partial charge is 0.477 e. The van der Waals surface area contributed by atoms with E-state index >= 15 is 0 Å². The van der Waals surface area contributed by atoms with Crippen molar-refractivity contribution in [1.29, 1.82) is 0 Å². The number of nitrogens with zero attached hydrogens (tertiary/aromatic N) is 2. The first-order valence-corrected chi connectivity index (χ1v) is 7.38. The molecular weight excluding hydrogens is 302 g/mol. The third-order valence-corrected chi connectivity index (χ3v) is 3.39. The second-order valence-electron chi connectivity index (χ2n) is 5.02. The first-order chi connectivity index (χ1) is 11.7. The van der Waals surface area contributed by atoms with Gasteiger partial charge >= 0.3 is 5.97 Å². The van der Waals surface area contributed by atoms with Gasteiger partial charge in [0, 0.05) is 17.1 Å². The molecule has 0 aliphatic heterocycles. The fourth-order valence-corrected chi connectivity index (χ4v) is 2.22. The van der Waals surface area contributed by atoms with Gasteiger partial charge in [0.1, 0.15) is 5.69 Å². The number of aromatic nitrogens is 3. The second-order valence-corrected chi connectivity index (χ2v) is 5.02. The van der Waals surface area contributed by atoms with Gasteiger partial charge < -0.3 is 5.11 Å². The number of rotatable bonds is 2. The maximum atomic E-state index is 10.6. The standard InChI is InChI=1S/C10H7NO2.C9H8N2/c12-10(13)9-6-5-7-3-1-2-4-8(7)11-9;1-2-4-8(5-3-1)9-6-7-10-11-9/h1-6H,(H,12,13);1-7H,(H,10,11). The van der Waals surface area contributed by atoms with E-state index in [1.165, 1.54) is 6.07 Å². The fourth-order valence-electron chi connectivity index (χ4n) is 2.22. The third kappa shape index (κ3) is 3.64. The monoisotopic (exact) mass is 317 g/mol. The maximum Gasteiger partial charge on any atom is 0.354 e. The minimum atomic E-state index is -0.995. The molecule has 0 saturated carbocycles. The van der Waals surface area contributed by atoms with Crippen LogP contribution in [0.25, 0.3) is 22.2 Å². The Morgan fingerprint density at radius 1 is 0.875 bits per heavy atom. The van der Waals surface area contributed by atoms with Crippen molar-refractivity contribution in [3.05, 3.63) is 84.7 Å². The van der Waals surface area contributed by atoms with Gasteiger partial charge in [0.05, 0.1) is 11.2 Å². The topological polar surface area (TPSA) is 78.9 Å². The highest BCUT2D eigenvalue weighted by Crippen LogP contribution is 2.14. The van der Waals surface area contributed by atoms with Crippen molar-refractivity contribution in [2.45, 2.75) is 0 Å². The molecule has 0 unspecified atom stereocenters. The van der Waals surface area contributed by atoms with Crippen molar-refractivity contribution in [3.8, 4) is 11.3 Å². The normalized spacial score (nSPS) is 10.0.